The van der Waals surface area contributed by atoms with Gasteiger partial charge in [-0.3, -0.25) is 4.79 Å². The molecule has 0 unspecified atom stereocenters. The van der Waals surface area contributed by atoms with Crippen molar-refractivity contribution in [2.24, 2.45) is 0 Å². The zero-order valence-corrected chi connectivity index (χ0v) is 8.94. The van der Waals surface area contributed by atoms with Crippen LogP contribution in [0.1, 0.15) is 19.3 Å². The Hall–Kier alpha value is -1.36. The van der Waals surface area contributed by atoms with Crippen molar-refractivity contribution >= 4 is 5.69 Å². The van der Waals surface area contributed by atoms with Crippen LogP contribution in [0.5, 0.6) is 0 Å². The largest absolute Gasteiger partial charge is 0.396 e. The molecule has 1 rings (SSSR count). The second-order valence-corrected chi connectivity index (χ2v) is 3.34. The zero-order chi connectivity index (χ0) is 11.1. The summed E-state index contributed by atoms with van der Waals surface area (Å²) in [6.45, 7) is 0.823. The molecule has 0 aromatic carbocycles. The number of hydrogen-bond acceptors (Lipinski definition) is 4. The summed E-state index contributed by atoms with van der Waals surface area (Å²) in [5.41, 5.74) is 0.637. The average molecular weight is 211 g/mol. The number of nitrogens with one attached hydrogen (secondary N) is 1. The van der Waals surface area contributed by atoms with E-state index in [9.17, 15) is 4.79 Å². The van der Waals surface area contributed by atoms with Crippen LogP contribution in [0.4, 0.5) is 5.69 Å². The fourth-order valence-corrected chi connectivity index (χ4v) is 1.29. The van der Waals surface area contributed by atoms with E-state index in [1.807, 2.05) is 0 Å². The molecule has 1 aromatic heterocycles. The lowest BCUT2D eigenvalue weighted by Crippen LogP contribution is -2.22. The van der Waals surface area contributed by atoms with Gasteiger partial charge in [-0.15, -0.1) is 0 Å². The molecule has 0 aliphatic carbocycles. The first-order valence-corrected chi connectivity index (χ1v) is 5.13. The Labute approximate surface area is 88.7 Å². The number of aliphatic hydroxyl groups excluding tert-OH is 1. The molecule has 0 radical (unpaired) electrons. The van der Waals surface area contributed by atoms with Crippen LogP contribution in [0.15, 0.2) is 17.1 Å². The first-order chi connectivity index (χ1) is 7.27. The van der Waals surface area contributed by atoms with Gasteiger partial charge in [0.1, 0.15) is 0 Å². The van der Waals surface area contributed by atoms with Gasteiger partial charge < -0.3 is 10.4 Å². The molecule has 0 aliphatic rings. The van der Waals surface area contributed by atoms with Crippen LogP contribution < -0.4 is 10.9 Å². The van der Waals surface area contributed by atoms with Gasteiger partial charge in [-0.1, -0.05) is 0 Å². The summed E-state index contributed by atoms with van der Waals surface area (Å²) in [6, 6.07) is 1.53. The zero-order valence-electron chi connectivity index (χ0n) is 8.94. The highest BCUT2D eigenvalue weighted by Crippen LogP contribution is 1.99. The molecular formula is C10H17N3O2. The van der Waals surface area contributed by atoms with Crippen molar-refractivity contribution in [2.45, 2.75) is 25.8 Å². The van der Waals surface area contributed by atoms with E-state index in [0.717, 1.165) is 24.9 Å². The van der Waals surface area contributed by atoms with E-state index < -0.39 is 0 Å². The molecule has 0 amide bonds. The molecule has 5 nitrogen and oxygen atoms in total. The van der Waals surface area contributed by atoms with Crippen molar-refractivity contribution in [3.05, 3.63) is 22.6 Å². The highest BCUT2D eigenvalue weighted by Gasteiger charge is 1.98. The number of hydrogen-bond donors (Lipinski definition) is 2. The van der Waals surface area contributed by atoms with Crippen molar-refractivity contribution in [3.63, 3.8) is 0 Å². The van der Waals surface area contributed by atoms with Gasteiger partial charge in [0.05, 0.1) is 11.9 Å². The smallest absolute Gasteiger partial charge is 0.268 e. The Morgan fingerprint density at radius 2 is 2.27 bits per heavy atom. The highest BCUT2D eigenvalue weighted by atomic mass is 16.2. The van der Waals surface area contributed by atoms with Gasteiger partial charge in [-0.05, 0) is 19.3 Å². The number of unbranched alkanes of at least 4 members (excludes halogenated alkanes) is 2. The minimum Gasteiger partial charge on any atom is -0.396 e. The van der Waals surface area contributed by atoms with Crippen LogP contribution in [0.2, 0.25) is 0 Å². The summed E-state index contributed by atoms with van der Waals surface area (Å²) in [6.07, 6.45) is 4.20. The molecule has 1 heterocycles. The molecule has 84 valence electrons. The maximum Gasteiger partial charge on any atom is 0.268 e. The molecule has 5 heteroatoms. The number of aryl methyl sites for hydroxylation is 1. The number of aromatic nitrogens is 2. The van der Waals surface area contributed by atoms with E-state index in [4.69, 9.17) is 5.11 Å². The van der Waals surface area contributed by atoms with Crippen molar-refractivity contribution in [2.75, 3.05) is 19.0 Å². The molecule has 0 spiro atoms. The molecule has 0 bridgehead atoms. The molecule has 2 N–H and O–H groups in total. The molecule has 0 saturated carbocycles. The third kappa shape index (κ3) is 3.71. The van der Waals surface area contributed by atoms with Gasteiger partial charge in [-0.2, -0.15) is 5.10 Å². The van der Waals surface area contributed by atoms with Crippen LogP contribution in [-0.4, -0.2) is 28.5 Å². The summed E-state index contributed by atoms with van der Waals surface area (Å²) >= 11 is 0. The number of rotatable bonds is 6. The summed E-state index contributed by atoms with van der Waals surface area (Å²) < 4.78 is 1.44. The van der Waals surface area contributed by atoms with Crippen LogP contribution in [-0.2, 0) is 6.54 Å². The van der Waals surface area contributed by atoms with Gasteiger partial charge in [0.2, 0.25) is 0 Å². The predicted molar refractivity (Wildman–Crippen MR) is 59.0 cm³/mol. The van der Waals surface area contributed by atoms with Gasteiger partial charge in [0.15, 0.2) is 0 Å². The summed E-state index contributed by atoms with van der Waals surface area (Å²) in [5, 5.41) is 15.5. The SMILES string of the molecule is CNc1cnn(CCCCCO)c(=O)c1. The highest BCUT2D eigenvalue weighted by molar-refractivity contribution is 5.37. The van der Waals surface area contributed by atoms with Crippen LogP contribution >= 0.6 is 0 Å². The number of anilines is 1. The van der Waals surface area contributed by atoms with Crippen molar-refractivity contribution in [1.29, 1.82) is 0 Å². The number of nitrogens with zero attached hydrogens (tertiary/aromatic N) is 2. The summed E-state index contributed by atoms with van der Waals surface area (Å²) in [4.78, 5) is 11.5. The summed E-state index contributed by atoms with van der Waals surface area (Å²) in [7, 11) is 1.75. The van der Waals surface area contributed by atoms with E-state index in [2.05, 4.69) is 10.4 Å². The third-order valence-electron chi connectivity index (χ3n) is 2.19. The first-order valence-electron chi connectivity index (χ1n) is 5.13. The van der Waals surface area contributed by atoms with Crippen molar-refractivity contribution in [3.8, 4) is 0 Å². The van der Waals surface area contributed by atoms with E-state index in [1.54, 1.807) is 13.2 Å². The van der Waals surface area contributed by atoms with Gasteiger partial charge in [0.25, 0.3) is 5.56 Å². The molecule has 0 saturated heterocycles. The maximum absolute atomic E-state index is 11.5. The van der Waals surface area contributed by atoms with E-state index in [1.165, 1.54) is 10.7 Å². The van der Waals surface area contributed by atoms with Crippen LogP contribution in [0.25, 0.3) is 0 Å². The Balaban J connectivity index is 2.51. The fraction of sp³-hybridized carbons (Fsp3) is 0.600. The van der Waals surface area contributed by atoms with Crippen LogP contribution in [0, 0.1) is 0 Å². The Kier molecular flexibility index (Phi) is 4.83. The first kappa shape index (κ1) is 11.7. The normalized spacial score (nSPS) is 10.3. The lowest BCUT2D eigenvalue weighted by atomic mass is 10.2. The van der Waals surface area contributed by atoms with Crippen LogP contribution in [0.3, 0.4) is 0 Å². The third-order valence-corrected chi connectivity index (χ3v) is 2.19. The Morgan fingerprint density at radius 3 is 2.87 bits per heavy atom. The quantitative estimate of drug-likeness (QED) is 0.670. The Bertz CT molecular complexity index is 349. The molecule has 0 aliphatic heterocycles. The lowest BCUT2D eigenvalue weighted by Gasteiger charge is -2.04. The van der Waals surface area contributed by atoms with Crippen molar-refractivity contribution in [1.82, 2.24) is 9.78 Å². The van der Waals surface area contributed by atoms with Gasteiger partial charge in [0, 0.05) is 26.3 Å². The van der Waals surface area contributed by atoms with E-state index >= 15 is 0 Å². The second kappa shape index (κ2) is 6.19. The van der Waals surface area contributed by atoms with E-state index in [-0.39, 0.29) is 12.2 Å². The molecular weight excluding hydrogens is 194 g/mol. The standard InChI is InChI=1S/C10H17N3O2/c1-11-9-7-10(15)13(12-8-9)5-3-2-4-6-14/h7-8,11,14H,2-6H2,1H3. The Morgan fingerprint density at radius 1 is 1.47 bits per heavy atom. The van der Waals surface area contributed by atoms with Gasteiger partial charge >= 0.3 is 0 Å². The minimum absolute atomic E-state index is 0.0918. The summed E-state index contributed by atoms with van der Waals surface area (Å²) in [5.74, 6) is 0. The van der Waals surface area contributed by atoms with E-state index in [0.29, 0.717) is 6.54 Å². The molecule has 0 atom stereocenters. The lowest BCUT2D eigenvalue weighted by molar-refractivity contribution is 0.281. The fourth-order valence-electron chi connectivity index (χ4n) is 1.29. The average Bonchev–Trinajstić information content (AvgIpc) is 2.26. The monoisotopic (exact) mass is 211 g/mol. The van der Waals surface area contributed by atoms with Gasteiger partial charge in [-0.25, -0.2) is 4.68 Å². The predicted octanol–water partition coefficient (Wildman–Crippen LogP) is 0.448. The second-order valence-electron chi connectivity index (χ2n) is 3.34. The molecule has 15 heavy (non-hydrogen) atoms. The maximum atomic E-state index is 11.5. The van der Waals surface area contributed by atoms with Crippen molar-refractivity contribution < 1.29 is 5.11 Å². The molecule has 0 fully saturated rings. The topological polar surface area (TPSA) is 67.2 Å². The molecule has 1 aromatic rings. The number of aliphatic hydroxyl groups is 1. The minimum atomic E-state index is -0.0918.